The zero-order valence-electron chi connectivity index (χ0n) is 12.2. The molecule has 112 valence electrons. The zero-order valence-corrected chi connectivity index (χ0v) is 12.2. The third-order valence-corrected chi connectivity index (χ3v) is 4.78. The van der Waals surface area contributed by atoms with Crippen molar-refractivity contribution in [2.45, 2.75) is 25.8 Å². The second kappa shape index (κ2) is 6.70. The van der Waals surface area contributed by atoms with E-state index in [4.69, 9.17) is 0 Å². The van der Waals surface area contributed by atoms with Crippen LogP contribution in [0.1, 0.15) is 25.0 Å². The van der Waals surface area contributed by atoms with E-state index in [1.165, 1.54) is 38.0 Å². The van der Waals surface area contributed by atoms with Gasteiger partial charge in [0.15, 0.2) is 0 Å². The van der Waals surface area contributed by atoms with Crippen LogP contribution in [-0.2, 0) is 6.54 Å². The van der Waals surface area contributed by atoms with Gasteiger partial charge in [-0.1, -0.05) is 6.42 Å². The van der Waals surface area contributed by atoms with Gasteiger partial charge in [-0.25, -0.2) is 4.98 Å². The van der Waals surface area contributed by atoms with Crippen molar-refractivity contribution in [3.8, 4) is 0 Å². The van der Waals surface area contributed by atoms with Gasteiger partial charge in [0.2, 0.25) is 0 Å². The molecule has 2 N–H and O–H groups in total. The minimum absolute atomic E-state index is 0.317. The smallest absolute Gasteiger partial charge is 0.0922 e. The van der Waals surface area contributed by atoms with Crippen LogP contribution in [0.15, 0.2) is 12.5 Å². The molecule has 2 aliphatic rings. The molecule has 5 nitrogen and oxygen atoms in total. The molecule has 0 unspecified atom stereocenters. The Bertz CT molecular complexity index is 389. The molecule has 0 radical (unpaired) electrons. The first-order valence-corrected chi connectivity index (χ1v) is 7.88. The molecule has 0 bridgehead atoms. The van der Waals surface area contributed by atoms with Crippen molar-refractivity contribution in [1.29, 1.82) is 0 Å². The summed E-state index contributed by atoms with van der Waals surface area (Å²) >= 11 is 0. The lowest BCUT2D eigenvalue weighted by Gasteiger charge is -2.30. The summed E-state index contributed by atoms with van der Waals surface area (Å²) in [6.07, 6.45) is 7.70. The van der Waals surface area contributed by atoms with E-state index in [1.807, 2.05) is 6.20 Å². The Hall–Kier alpha value is -0.910. The number of aromatic nitrogens is 2. The van der Waals surface area contributed by atoms with Crippen molar-refractivity contribution in [3.05, 3.63) is 18.2 Å². The number of nitrogens with one attached hydrogen (secondary N) is 1. The van der Waals surface area contributed by atoms with Crippen LogP contribution in [0.4, 0.5) is 0 Å². The zero-order chi connectivity index (χ0) is 13.8. The lowest BCUT2D eigenvalue weighted by Crippen LogP contribution is -2.37. The van der Waals surface area contributed by atoms with E-state index in [-0.39, 0.29) is 0 Å². The average Bonchev–Trinajstić information content (AvgIpc) is 3.10. The summed E-state index contributed by atoms with van der Waals surface area (Å²) in [5, 5.41) is 9.64. The number of H-pyrrole nitrogens is 1. The van der Waals surface area contributed by atoms with Gasteiger partial charge in [0, 0.05) is 44.7 Å². The van der Waals surface area contributed by atoms with Gasteiger partial charge in [-0.2, -0.15) is 0 Å². The molecule has 2 fully saturated rings. The molecule has 1 aromatic rings. The van der Waals surface area contributed by atoms with Gasteiger partial charge in [0.1, 0.15) is 0 Å². The van der Waals surface area contributed by atoms with E-state index in [1.54, 1.807) is 6.33 Å². The molecule has 0 amide bonds. The molecule has 5 heteroatoms. The van der Waals surface area contributed by atoms with Crippen LogP contribution in [0.5, 0.6) is 0 Å². The highest BCUT2D eigenvalue weighted by Gasteiger charge is 2.33. The molecule has 2 aliphatic heterocycles. The molecular weight excluding hydrogens is 252 g/mol. The number of nitrogens with zero attached hydrogens (tertiary/aromatic N) is 3. The molecular formula is C15H26N4O. The maximum absolute atomic E-state index is 9.64. The number of hydrogen-bond acceptors (Lipinski definition) is 4. The minimum Gasteiger partial charge on any atom is -0.396 e. The molecule has 3 rings (SSSR count). The molecule has 0 spiro atoms. The first kappa shape index (κ1) is 14.0. The monoisotopic (exact) mass is 278 g/mol. The Morgan fingerprint density at radius 3 is 2.65 bits per heavy atom. The predicted octanol–water partition coefficient (Wildman–Crippen LogP) is 0.936. The van der Waals surface area contributed by atoms with Gasteiger partial charge in [0.05, 0.1) is 6.33 Å². The van der Waals surface area contributed by atoms with Crippen LogP contribution >= 0.6 is 0 Å². The molecule has 1 aromatic heterocycles. The van der Waals surface area contributed by atoms with E-state index < -0.39 is 0 Å². The standard InChI is InChI=1S/C15H26N4O/c20-11-14-9-19(10-15-6-16-12-17-15)8-13(14)7-18-4-2-1-3-5-18/h6,12-14,20H,1-5,7-11H2,(H,16,17)/t13-,14-/m0/s1. The fourth-order valence-corrected chi connectivity index (χ4v) is 3.66. The van der Waals surface area contributed by atoms with Crippen LogP contribution < -0.4 is 0 Å². The largest absolute Gasteiger partial charge is 0.396 e. The fourth-order valence-electron chi connectivity index (χ4n) is 3.66. The molecule has 20 heavy (non-hydrogen) atoms. The number of piperidine rings is 1. The third-order valence-electron chi connectivity index (χ3n) is 4.78. The van der Waals surface area contributed by atoms with Gasteiger partial charge in [-0.15, -0.1) is 0 Å². The van der Waals surface area contributed by atoms with Crippen LogP contribution in [-0.4, -0.2) is 64.2 Å². The molecule has 0 aromatic carbocycles. The summed E-state index contributed by atoms with van der Waals surface area (Å²) in [4.78, 5) is 12.3. The summed E-state index contributed by atoms with van der Waals surface area (Å²) in [5.41, 5.74) is 1.17. The average molecular weight is 278 g/mol. The maximum Gasteiger partial charge on any atom is 0.0922 e. The topological polar surface area (TPSA) is 55.4 Å². The van der Waals surface area contributed by atoms with Crippen LogP contribution in [0.3, 0.4) is 0 Å². The number of likely N-dealkylation sites (tertiary alicyclic amines) is 2. The summed E-state index contributed by atoms with van der Waals surface area (Å²) in [7, 11) is 0. The SMILES string of the molecule is OC[C@@H]1CN(Cc2cnc[nH]2)C[C@@H]1CN1CCCCC1. The number of aromatic amines is 1. The first-order valence-electron chi connectivity index (χ1n) is 7.88. The second-order valence-corrected chi connectivity index (χ2v) is 6.33. The number of hydrogen-bond donors (Lipinski definition) is 2. The fraction of sp³-hybridized carbons (Fsp3) is 0.800. The third kappa shape index (κ3) is 3.40. The van der Waals surface area contributed by atoms with Crippen LogP contribution in [0, 0.1) is 11.8 Å². The van der Waals surface area contributed by atoms with Crippen LogP contribution in [0.25, 0.3) is 0 Å². The highest BCUT2D eigenvalue weighted by atomic mass is 16.3. The van der Waals surface area contributed by atoms with E-state index in [2.05, 4.69) is 19.8 Å². The summed E-state index contributed by atoms with van der Waals surface area (Å²) in [5.74, 6) is 1.04. The van der Waals surface area contributed by atoms with Crippen molar-refractivity contribution in [3.63, 3.8) is 0 Å². The van der Waals surface area contributed by atoms with Crippen molar-refractivity contribution in [1.82, 2.24) is 19.8 Å². The Morgan fingerprint density at radius 1 is 1.15 bits per heavy atom. The van der Waals surface area contributed by atoms with Crippen molar-refractivity contribution in [2.24, 2.45) is 11.8 Å². The molecule has 3 heterocycles. The molecule has 0 saturated carbocycles. The first-order chi connectivity index (χ1) is 9.85. The second-order valence-electron chi connectivity index (χ2n) is 6.33. The minimum atomic E-state index is 0.317. The van der Waals surface area contributed by atoms with E-state index in [0.717, 1.165) is 26.2 Å². The highest BCUT2D eigenvalue weighted by molar-refractivity contribution is 4.96. The van der Waals surface area contributed by atoms with Gasteiger partial charge in [0.25, 0.3) is 0 Å². The molecule has 2 atom stereocenters. The Labute approximate surface area is 121 Å². The normalized spacial score (nSPS) is 29.1. The van der Waals surface area contributed by atoms with Gasteiger partial charge in [-0.05, 0) is 37.8 Å². The number of aliphatic hydroxyl groups excluding tert-OH is 1. The maximum atomic E-state index is 9.64. The summed E-state index contributed by atoms with van der Waals surface area (Å²) in [6, 6.07) is 0. The molecule has 0 aliphatic carbocycles. The van der Waals surface area contributed by atoms with Gasteiger partial charge in [-0.3, -0.25) is 4.90 Å². The Morgan fingerprint density at radius 2 is 1.95 bits per heavy atom. The number of aliphatic hydroxyl groups is 1. The van der Waals surface area contributed by atoms with Crippen molar-refractivity contribution in [2.75, 3.05) is 39.3 Å². The van der Waals surface area contributed by atoms with Gasteiger partial charge >= 0.3 is 0 Å². The Kier molecular flexibility index (Phi) is 4.70. The number of imidazole rings is 1. The summed E-state index contributed by atoms with van der Waals surface area (Å²) < 4.78 is 0. The van der Waals surface area contributed by atoms with E-state index in [0.29, 0.717) is 18.4 Å². The highest BCUT2D eigenvalue weighted by Crippen LogP contribution is 2.26. The van der Waals surface area contributed by atoms with E-state index in [9.17, 15) is 5.11 Å². The van der Waals surface area contributed by atoms with Gasteiger partial charge < -0.3 is 15.0 Å². The van der Waals surface area contributed by atoms with Crippen molar-refractivity contribution >= 4 is 0 Å². The molecule has 2 saturated heterocycles. The predicted molar refractivity (Wildman–Crippen MR) is 78.2 cm³/mol. The quantitative estimate of drug-likeness (QED) is 0.841. The summed E-state index contributed by atoms with van der Waals surface area (Å²) in [6.45, 7) is 6.99. The van der Waals surface area contributed by atoms with Crippen molar-refractivity contribution < 1.29 is 5.11 Å². The van der Waals surface area contributed by atoms with Crippen LogP contribution in [0.2, 0.25) is 0 Å². The lowest BCUT2D eigenvalue weighted by atomic mass is 9.95. The van der Waals surface area contributed by atoms with E-state index >= 15 is 0 Å². The Balaban J connectivity index is 1.53. The lowest BCUT2D eigenvalue weighted by molar-refractivity contribution is 0.149. The number of rotatable bonds is 5.